The maximum atomic E-state index is 12.5. The van der Waals surface area contributed by atoms with E-state index in [2.05, 4.69) is 64.5 Å². The van der Waals surface area contributed by atoms with Gasteiger partial charge in [0.25, 0.3) is 0 Å². The van der Waals surface area contributed by atoms with Gasteiger partial charge in [-0.2, -0.15) is 9.97 Å². The summed E-state index contributed by atoms with van der Waals surface area (Å²) < 4.78 is 6.09. The molecule has 0 unspecified atom stereocenters. The van der Waals surface area contributed by atoms with E-state index in [1.807, 2.05) is 0 Å². The summed E-state index contributed by atoms with van der Waals surface area (Å²) in [6.07, 6.45) is 5.29. The van der Waals surface area contributed by atoms with Crippen molar-refractivity contribution in [3.05, 3.63) is 77.3 Å². The number of fused-ring (bicyclic) bond motifs is 2. The van der Waals surface area contributed by atoms with Crippen molar-refractivity contribution in [1.82, 2.24) is 14.9 Å². The molecule has 6 rings (SSSR count). The molecule has 1 aromatic heterocycles. The number of carbonyl (C=O) groups excluding carboxylic acids is 2. The Morgan fingerprint density at radius 2 is 1.93 bits per heavy atom. The van der Waals surface area contributed by atoms with E-state index in [1.165, 1.54) is 28.1 Å². The van der Waals surface area contributed by atoms with Crippen molar-refractivity contribution in [2.45, 2.75) is 51.6 Å². The molecule has 3 aliphatic rings. The van der Waals surface area contributed by atoms with Crippen molar-refractivity contribution in [2.75, 3.05) is 49.1 Å². The first-order valence-corrected chi connectivity index (χ1v) is 15.3. The van der Waals surface area contributed by atoms with Gasteiger partial charge in [0.15, 0.2) is 0 Å². The molecule has 0 N–H and O–H groups in total. The monoisotopic (exact) mass is 578 g/mol. The van der Waals surface area contributed by atoms with Crippen LogP contribution >= 0.6 is 0 Å². The Balaban J connectivity index is 1.29. The SMILES string of the molecule is [C-]#[N+]C[C@H]1CN(c2nc(OCCCC(=O)C3CC3)nc3c2CCN(c2cccc4cccc(C)c24)C3)CCN1C(=O)C=C. The van der Waals surface area contributed by atoms with Gasteiger partial charge in [-0.1, -0.05) is 36.9 Å². The number of ketones is 1. The van der Waals surface area contributed by atoms with Crippen LogP contribution in [0, 0.1) is 19.4 Å². The van der Waals surface area contributed by atoms with Crippen molar-refractivity contribution < 1.29 is 14.3 Å². The minimum absolute atomic E-state index is 0.149. The highest BCUT2D eigenvalue weighted by molar-refractivity contribution is 5.97. The van der Waals surface area contributed by atoms with Crippen molar-refractivity contribution in [2.24, 2.45) is 5.92 Å². The quantitative estimate of drug-likeness (QED) is 0.195. The van der Waals surface area contributed by atoms with Crippen LogP contribution in [0.5, 0.6) is 6.01 Å². The van der Waals surface area contributed by atoms with Gasteiger partial charge in [0.05, 0.1) is 18.8 Å². The predicted octanol–water partition coefficient (Wildman–Crippen LogP) is 4.76. The highest BCUT2D eigenvalue weighted by atomic mass is 16.5. The summed E-state index contributed by atoms with van der Waals surface area (Å²) in [7, 11) is 0. The first kappa shape index (κ1) is 28.7. The minimum atomic E-state index is -0.251. The van der Waals surface area contributed by atoms with Gasteiger partial charge in [-0.3, -0.25) is 9.59 Å². The average molecular weight is 579 g/mol. The van der Waals surface area contributed by atoms with Crippen LogP contribution in [0.25, 0.3) is 15.6 Å². The van der Waals surface area contributed by atoms with E-state index in [4.69, 9.17) is 21.3 Å². The minimum Gasteiger partial charge on any atom is -0.463 e. The average Bonchev–Trinajstić information content (AvgIpc) is 3.88. The van der Waals surface area contributed by atoms with E-state index >= 15 is 0 Å². The van der Waals surface area contributed by atoms with Gasteiger partial charge in [0, 0.05) is 55.2 Å². The molecule has 43 heavy (non-hydrogen) atoms. The number of ether oxygens (including phenoxy) is 1. The van der Waals surface area contributed by atoms with Gasteiger partial charge < -0.3 is 24.3 Å². The number of aryl methyl sites for hydroxylation is 1. The molecule has 1 amide bonds. The Morgan fingerprint density at radius 3 is 2.70 bits per heavy atom. The van der Waals surface area contributed by atoms with Gasteiger partial charge >= 0.3 is 6.01 Å². The van der Waals surface area contributed by atoms with E-state index in [1.54, 1.807) is 4.90 Å². The molecule has 1 saturated heterocycles. The van der Waals surface area contributed by atoms with E-state index in [0.29, 0.717) is 57.4 Å². The number of carbonyl (C=O) groups is 2. The lowest BCUT2D eigenvalue weighted by Crippen LogP contribution is -2.56. The number of Topliss-reactive ketones (excluding diaryl/α,β-unsaturated/α-hetero) is 1. The third-order valence-corrected chi connectivity index (χ3v) is 8.83. The molecular formula is C34H38N6O3. The van der Waals surface area contributed by atoms with Gasteiger partial charge in [-0.15, -0.1) is 0 Å². The molecule has 3 aromatic rings. The van der Waals surface area contributed by atoms with Crippen LogP contribution in [0.15, 0.2) is 49.1 Å². The summed E-state index contributed by atoms with van der Waals surface area (Å²) >= 11 is 0. The highest BCUT2D eigenvalue weighted by Crippen LogP contribution is 2.36. The standard InChI is InChI=1S/C34H38N6O3/c1-4-31(42)40-18-17-39(21-26(40)20-35-3)33-27-15-16-38(29-11-6-10-25-9-5-8-23(2)32(25)29)22-28(27)36-34(37-33)43-19-7-12-30(41)24-13-14-24/h4-6,8-11,24,26H,1,7,12-22H2,2H3/t26-/m0/s1. The third-order valence-electron chi connectivity index (χ3n) is 8.83. The van der Waals surface area contributed by atoms with Crippen molar-refractivity contribution in [3.63, 3.8) is 0 Å². The second kappa shape index (κ2) is 12.4. The predicted molar refractivity (Wildman–Crippen MR) is 167 cm³/mol. The van der Waals surface area contributed by atoms with Crippen LogP contribution < -0.4 is 14.5 Å². The Labute approximate surface area is 253 Å². The molecule has 1 atom stereocenters. The van der Waals surface area contributed by atoms with E-state index < -0.39 is 0 Å². The normalized spacial score (nSPS) is 18.2. The Morgan fingerprint density at radius 1 is 1.12 bits per heavy atom. The molecule has 9 nitrogen and oxygen atoms in total. The number of benzene rings is 2. The Hall–Kier alpha value is -4.45. The molecule has 0 radical (unpaired) electrons. The van der Waals surface area contributed by atoms with Crippen molar-refractivity contribution in [1.29, 1.82) is 0 Å². The molecule has 2 aromatic carbocycles. The highest BCUT2D eigenvalue weighted by Gasteiger charge is 2.35. The number of nitrogens with zero attached hydrogens (tertiary/aromatic N) is 6. The topological polar surface area (TPSA) is 83.2 Å². The van der Waals surface area contributed by atoms with Crippen LogP contribution in [0.1, 0.15) is 42.5 Å². The number of anilines is 2. The summed E-state index contributed by atoms with van der Waals surface area (Å²) in [6.45, 7) is 16.9. The van der Waals surface area contributed by atoms with Crippen molar-refractivity contribution in [3.8, 4) is 6.01 Å². The molecule has 1 aliphatic carbocycles. The third kappa shape index (κ3) is 6.05. The zero-order chi connectivity index (χ0) is 29.9. The molecule has 9 heteroatoms. The van der Waals surface area contributed by atoms with E-state index in [9.17, 15) is 9.59 Å². The van der Waals surface area contributed by atoms with Crippen molar-refractivity contribution >= 4 is 34.0 Å². The van der Waals surface area contributed by atoms with Crippen LogP contribution in [0.4, 0.5) is 11.5 Å². The van der Waals surface area contributed by atoms with Gasteiger partial charge in [-0.05, 0) is 55.7 Å². The molecule has 0 spiro atoms. The lowest BCUT2D eigenvalue weighted by Gasteiger charge is -2.41. The first-order chi connectivity index (χ1) is 21.0. The number of hydrogen-bond acceptors (Lipinski definition) is 7. The second-order valence-corrected chi connectivity index (χ2v) is 11.7. The maximum Gasteiger partial charge on any atom is 0.318 e. The maximum absolute atomic E-state index is 12.5. The Kier molecular flexibility index (Phi) is 8.28. The molecule has 3 heterocycles. The van der Waals surface area contributed by atoms with Crippen LogP contribution in [0.2, 0.25) is 0 Å². The molecule has 2 fully saturated rings. The number of amides is 1. The summed E-state index contributed by atoms with van der Waals surface area (Å²) in [4.78, 5) is 44.5. The largest absolute Gasteiger partial charge is 0.463 e. The Bertz CT molecular complexity index is 1590. The lowest BCUT2D eigenvalue weighted by atomic mass is 9.99. The van der Waals surface area contributed by atoms with Gasteiger partial charge in [-0.25, -0.2) is 6.57 Å². The lowest BCUT2D eigenvalue weighted by molar-refractivity contribution is -0.128. The number of aromatic nitrogens is 2. The number of piperazine rings is 1. The number of hydrogen-bond donors (Lipinski definition) is 0. The van der Waals surface area contributed by atoms with Crippen LogP contribution in [-0.2, 0) is 22.6 Å². The van der Waals surface area contributed by atoms with Gasteiger partial charge in [0.1, 0.15) is 17.6 Å². The molecular weight excluding hydrogens is 540 g/mol. The first-order valence-electron chi connectivity index (χ1n) is 15.3. The summed E-state index contributed by atoms with van der Waals surface area (Å²) in [5.41, 5.74) is 4.45. The molecule has 2 aliphatic heterocycles. The molecule has 222 valence electrons. The fraction of sp³-hybridized carbons (Fsp3) is 0.441. The van der Waals surface area contributed by atoms with Crippen LogP contribution in [0.3, 0.4) is 0 Å². The van der Waals surface area contributed by atoms with Crippen LogP contribution in [-0.4, -0.2) is 71.9 Å². The summed E-state index contributed by atoms with van der Waals surface area (Å²) in [5.74, 6) is 1.26. The molecule has 1 saturated carbocycles. The number of rotatable bonds is 10. The second-order valence-electron chi connectivity index (χ2n) is 11.7. The summed E-state index contributed by atoms with van der Waals surface area (Å²) in [5, 5.41) is 2.47. The molecule has 0 bridgehead atoms. The zero-order valence-electron chi connectivity index (χ0n) is 24.8. The van der Waals surface area contributed by atoms with E-state index in [0.717, 1.165) is 42.9 Å². The fourth-order valence-electron chi connectivity index (χ4n) is 6.43. The fourth-order valence-corrected chi connectivity index (χ4v) is 6.43. The summed E-state index contributed by atoms with van der Waals surface area (Å²) in [6, 6.07) is 12.9. The van der Waals surface area contributed by atoms with E-state index in [-0.39, 0.29) is 24.4 Å². The smallest absolute Gasteiger partial charge is 0.318 e. The zero-order valence-corrected chi connectivity index (χ0v) is 24.8. The van der Waals surface area contributed by atoms with Gasteiger partial charge in [0.2, 0.25) is 12.5 Å².